The summed E-state index contributed by atoms with van der Waals surface area (Å²) in [4.78, 5) is 4.61. The van der Waals surface area contributed by atoms with E-state index in [0.717, 1.165) is 11.3 Å². The molecule has 1 heterocycles. The first-order valence-electron chi connectivity index (χ1n) is 8.14. The lowest BCUT2D eigenvalue weighted by molar-refractivity contribution is -0.663. The van der Waals surface area contributed by atoms with Gasteiger partial charge in [0.2, 0.25) is 0 Å². The smallest absolute Gasteiger partial charge is 0.232 e. The summed E-state index contributed by atoms with van der Waals surface area (Å²) in [6.07, 6.45) is 1.90. The van der Waals surface area contributed by atoms with Gasteiger partial charge in [0.05, 0.1) is 7.05 Å². The highest BCUT2D eigenvalue weighted by Crippen LogP contribution is 2.31. The molecular formula is C22H19N2+. The van der Waals surface area contributed by atoms with Crippen LogP contribution >= 0.6 is 0 Å². The number of hydrogen-bond donors (Lipinski definition) is 0. The molecule has 0 unspecified atom stereocenters. The molecule has 0 amide bonds. The second-order valence-electron chi connectivity index (χ2n) is 6.11. The molecule has 0 saturated carbocycles. The van der Waals surface area contributed by atoms with Crippen molar-refractivity contribution >= 4 is 10.8 Å². The Labute approximate surface area is 142 Å². The van der Waals surface area contributed by atoms with Gasteiger partial charge >= 0.3 is 0 Å². The molecular weight excluding hydrogens is 292 g/mol. The molecule has 116 valence electrons. The van der Waals surface area contributed by atoms with Crippen molar-refractivity contribution in [3.05, 3.63) is 84.7 Å². The van der Waals surface area contributed by atoms with E-state index in [2.05, 4.69) is 78.1 Å². The van der Waals surface area contributed by atoms with Crippen molar-refractivity contribution in [3.63, 3.8) is 0 Å². The summed E-state index contributed by atoms with van der Waals surface area (Å²) in [5.41, 5.74) is 5.86. The first kappa shape index (κ1) is 14.6. The van der Waals surface area contributed by atoms with Crippen LogP contribution in [0.3, 0.4) is 0 Å². The fourth-order valence-electron chi connectivity index (χ4n) is 3.22. The minimum Gasteiger partial charge on any atom is -0.232 e. The van der Waals surface area contributed by atoms with Gasteiger partial charge in [-0.2, -0.15) is 0 Å². The SMILES string of the molecule is Cc1ccc2ccccc2c1-c1cc(-c2ccccc2)nc[n+]1C. The molecule has 1 aromatic heterocycles. The van der Waals surface area contributed by atoms with Gasteiger partial charge in [-0.3, -0.25) is 0 Å². The van der Waals surface area contributed by atoms with Crippen LogP contribution in [0, 0.1) is 6.92 Å². The van der Waals surface area contributed by atoms with Gasteiger partial charge in [0.25, 0.3) is 6.33 Å². The van der Waals surface area contributed by atoms with Gasteiger partial charge in [-0.25, -0.2) is 4.57 Å². The highest BCUT2D eigenvalue weighted by atomic mass is 15.0. The van der Waals surface area contributed by atoms with Gasteiger partial charge in [0.1, 0.15) is 5.69 Å². The molecule has 0 bridgehead atoms. The molecule has 0 aliphatic heterocycles. The number of hydrogen-bond acceptors (Lipinski definition) is 1. The van der Waals surface area contributed by atoms with E-state index in [1.54, 1.807) is 0 Å². The number of nitrogens with zero attached hydrogens (tertiary/aromatic N) is 2. The number of aromatic nitrogens is 2. The summed E-state index contributed by atoms with van der Waals surface area (Å²) in [6, 6.07) is 25.4. The normalized spacial score (nSPS) is 10.9. The molecule has 24 heavy (non-hydrogen) atoms. The minimum absolute atomic E-state index is 0.996. The monoisotopic (exact) mass is 311 g/mol. The Morgan fingerprint density at radius 3 is 2.42 bits per heavy atom. The molecule has 2 nitrogen and oxygen atoms in total. The molecule has 4 aromatic rings. The molecule has 0 spiro atoms. The highest BCUT2D eigenvalue weighted by Gasteiger charge is 2.16. The highest BCUT2D eigenvalue weighted by molar-refractivity contribution is 5.97. The van der Waals surface area contributed by atoms with Gasteiger partial charge in [-0.15, -0.1) is 0 Å². The van der Waals surface area contributed by atoms with Crippen LogP contribution in [0.25, 0.3) is 33.3 Å². The van der Waals surface area contributed by atoms with Crippen molar-refractivity contribution in [2.45, 2.75) is 6.92 Å². The summed E-state index contributed by atoms with van der Waals surface area (Å²) in [7, 11) is 2.05. The average molecular weight is 311 g/mol. The lowest BCUT2D eigenvalue weighted by Crippen LogP contribution is -2.31. The zero-order chi connectivity index (χ0) is 16.5. The Balaban J connectivity index is 1.99. The Kier molecular flexibility index (Phi) is 3.58. The quantitative estimate of drug-likeness (QED) is 0.490. The largest absolute Gasteiger partial charge is 0.287 e. The van der Waals surface area contributed by atoms with Crippen LogP contribution in [0.1, 0.15) is 5.56 Å². The fourth-order valence-corrected chi connectivity index (χ4v) is 3.22. The molecule has 2 heteroatoms. The summed E-state index contributed by atoms with van der Waals surface area (Å²) in [6.45, 7) is 2.17. The Morgan fingerprint density at radius 1 is 0.833 bits per heavy atom. The number of fused-ring (bicyclic) bond motifs is 1. The molecule has 0 aliphatic rings. The van der Waals surface area contributed by atoms with Gasteiger partial charge < -0.3 is 0 Å². The fraction of sp³-hybridized carbons (Fsp3) is 0.0909. The Morgan fingerprint density at radius 2 is 1.58 bits per heavy atom. The maximum absolute atomic E-state index is 4.61. The van der Waals surface area contributed by atoms with Gasteiger partial charge in [-0.05, 0) is 28.2 Å². The van der Waals surface area contributed by atoms with E-state index in [4.69, 9.17) is 0 Å². The van der Waals surface area contributed by atoms with E-state index in [-0.39, 0.29) is 0 Å². The van der Waals surface area contributed by atoms with Crippen molar-refractivity contribution in [1.82, 2.24) is 4.98 Å². The lowest BCUT2D eigenvalue weighted by Gasteiger charge is -2.11. The predicted octanol–water partition coefficient (Wildman–Crippen LogP) is 4.70. The average Bonchev–Trinajstić information content (AvgIpc) is 2.63. The van der Waals surface area contributed by atoms with Crippen LogP contribution in [0.2, 0.25) is 0 Å². The van der Waals surface area contributed by atoms with E-state index >= 15 is 0 Å². The zero-order valence-corrected chi connectivity index (χ0v) is 13.9. The van der Waals surface area contributed by atoms with Crippen LogP contribution in [-0.4, -0.2) is 4.98 Å². The van der Waals surface area contributed by atoms with Crippen molar-refractivity contribution < 1.29 is 4.57 Å². The molecule has 3 aromatic carbocycles. The summed E-state index contributed by atoms with van der Waals surface area (Å²) in [5, 5.41) is 2.54. The van der Waals surface area contributed by atoms with Gasteiger partial charge in [0, 0.05) is 17.2 Å². The van der Waals surface area contributed by atoms with E-state index in [1.807, 2.05) is 24.5 Å². The summed E-state index contributed by atoms with van der Waals surface area (Å²) >= 11 is 0. The van der Waals surface area contributed by atoms with Crippen molar-refractivity contribution in [1.29, 1.82) is 0 Å². The third-order valence-corrected chi connectivity index (χ3v) is 4.49. The minimum atomic E-state index is 0.996. The molecule has 0 radical (unpaired) electrons. The maximum Gasteiger partial charge on any atom is 0.287 e. The van der Waals surface area contributed by atoms with Crippen LogP contribution in [0.5, 0.6) is 0 Å². The zero-order valence-electron chi connectivity index (χ0n) is 13.9. The van der Waals surface area contributed by atoms with Gasteiger partial charge in [-0.1, -0.05) is 66.7 Å². The lowest BCUT2D eigenvalue weighted by atomic mass is 9.96. The molecule has 0 fully saturated rings. The number of rotatable bonds is 2. The summed E-state index contributed by atoms with van der Waals surface area (Å²) in [5.74, 6) is 0. The van der Waals surface area contributed by atoms with Crippen LogP contribution in [-0.2, 0) is 7.05 Å². The standard InChI is InChI=1S/C22H19N2/c1-16-12-13-17-8-6-7-11-19(17)22(16)21-14-20(23-15-24(21)2)18-9-4-3-5-10-18/h3-15H,1-2H3/q+1. The predicted molar refractivity (Wildman–Crippen MR) is 98.5 cm³/mol. The van der Waals surface area contributed by atoms with Crippen LogP contribution < -0.4 is 4.57 Å². The second kappa shape index (κ2) is 5.89. The first-order valence-corrected chi connectivity index (χ1v) is 8.14. The van der Waals surface area contributed by atoms with Crippen molar-refractivity contribution in [2.24, 2.45) is 7.05 Å². The van der Waals surface area contributed by atoms with E-state index in [0.29, 0.717) is 0 Å². The number of benzene rings is 3. The maximum atomic E-state index is 4.61. The Bertz CT molecular complexity index is 1020. The van der Waals surface area contributed by atoms with E-state index in [9.17, 15) is 0 Å². The third-order valence-electron chi connectivity index (χ3n) is 4.49. The van der Waals surface area contributed by atoms with E-state index in [1.165, 1.54) is 27.6 Å². The molecule has 4 rings (SSSR count). The molecule has 0 atom stereocenters. The van der Waals surface area contributed by atoms with Crippen LogP contribution in [0.4, 0.5) is 0 Å². The summed E-state index contributed by atoms with van der Waals surface area (Å²) < 4.78 is 2.10. The van der Waals surface area contributed by atoms with E-state index < -0.39 is 0 Å². The van der Waals surface area contributed by atoms with Crippen LogP contribution in [0.15, 0.2) is 79.1 Å². The first-order chi connectivity index (χ1) is 11.7. The van der Waals surface area contributed by atoms with Crippen molar-refractivity contribution in [3.8, 4) is 22.5 Å². The third kappa shape index (κ3) is 2.46. The Hall–Kier alpha value is -3.00. The molecule has 0 N–H and O–H groups in total. The van der Waals surface area contributed by atoms with Crippen molar-refractivity contribution in [2.75, 3.05) is 0 Å². The van der Waals surface area contributed by atoms with Gasteiger partial charge in [0.15, 0.2) is 5.69 Å². The molecule has 0 aliphatic carbocycles. The molecule has 0 saturated heterocycles. The number of aryl methyl sites for hydroxylation is 2. The topological polar surface area (TPSA) is 16.8 Å². The second-order valence-corrected chi connectivity index (χ2v) is 6.11.